The van der Waals surface area contributed by atoms with Crippen LogP contribution in [0.15, 0.2) is 66.7 Å². The number of benzene rings is 3. The van der Waals surface area contributed by atoms with Crippen LogP contribution in [0, 0.1) is 0 Å². The molecule has 230 valence electrons. The van der Waals surface area contributed by atoms with Gasteiger partial charge in [-0.3, -0.25) is 0 Å². The van der Waals surface area contributed by atoms with E-state index in [1.165, 1.54) is 12.0 Å². The third kappa shape index (κ3) is 4.78. The number of hydrogen-bond acceptors (Lipinski definition) is 6. The van der Waals surface area contributed by atoms with E-state index in [0.29, 0.717) is 29.4 Å². The third-order valence-electron chi connectivity index (χ3n) is 9.54. The Morgan fingerprint density at radius 3 is 2.39 bits per heavy atom. The van der Waals surface area contributed by atoms with Gasteiger partial charge in [0.15, 0.2) is 0 Å². The molecule has 7 rings (SSSR count). The Morgan fingerprint density at radius 1 is 0.932 bits per heavy atom. The highest BCUT2D eigenvalue weighted by atomic mass is 32.2. The summed E-state index contributed by atoms with van der Waals surface area (Å²) in [6.07, 6.45) is 6.14. The Morgan fingerprint density at radius 2 is 1.68 bits per heavy atom. The fraction of sp³-hybridized carbons (Fsp3) is 0.417. The zero-order valence-electron chi connectivity index (χ0n) is 25.8. The Bertz CT molecular complexity index is 1860. The molecule has 3 aliphatic rings. The summed E-state index contributed by atoms with van der Waals surface area (Å²) in [5.74, 6) is 0.682. The molecule has 2 fully saturated rings. The van der Waals surface area contributed by atoms with E-state index in [-0.39, 0.29) is 12.5 Å². The molecule has 0 spiro atoms. The summed E-state index contributed by atoms with van der Waals surface area (Å²) in [6, 6.07) is 20.5. The minimum absolute atomic E-state index is 0.222. The van der Waals surface area contributed by atoms with Gasteiger partial charge in [-0.1, -0.05) is 43.5 Å². The lowest BCUT2D eigenvalue weighted by atomic mass is 9.81. The van der Waals surface area contributed by atoms with Crippen molar-refractivity contribution in [2.45, 2.75) is 88.0 Å². The summed E-state index contributed by atoms with van der Waals surface area (Å²) < 4.78 is 46.8. The van der Waals surface area contributed by atoms with Gasteiger partial charge in [-0.2, -0.15) is 8.42 Å². The highest BCUT2D eigenvalue weighted by molar-refractivity contribution is 7.88. The molecule has 8 heteroatoms. The number of fused-ring (bicyclic) bond motifs is 7. The molecular weight excluding hydrogens is 574 g/mol. The van der Waals surface area contributed by atoms with Gasteiger partial charge >= 0.3 is 16.1 Å². The van der Waals surface area contributed by atoms with Gasteiger partial charge in [-0.25, -0.2) is 4.79 Å². The van der Waals surface area contributed by atoms with Crippen LogP contribution in [-0.2, 0) is 21.4 Å². The standard InChI is InChI=1S/C36H39NO6S/c1-35(2,3)42-34(38)24-15-17-28-31(19-24)37-22-36(44(39,40)43-25-13-9-6-10-14-25)21-30(36)29-20-26(41-4)16-18-27(29)33(37)32(28)23-11-7-5-8-12-23/h6,9-10,13-20,23,30H,5,7-8,11-12,21-22H2,1-4H3. The fourth-order valence-corrected chi connectivity index (χ4v) is 9.10. The van der Waals surface area contributed by atoms with Crippen molar-refractivity contribution in [3.8, 4) is 22.8 Å². The van der Waals surface area contributed by atoms with Crippen LogP contribution < -0.4 is 8.92 Å². The van der Waals surface area contributed by atoms with Crippen LogP contribution >= 0.6 is 0 Å². The maximum Gasteiger partial charge on any atom is 0.338 e. The largest absolute Gasteiger partial charge is 0.497 e. The lowest BCUT2D eigenvalue weighted by Gasteiger charge is -2.24. The third-order valence-corrected chi connectivity index (χ3v) is 11.5. The molecule has 2 heterocycles. The first kappa shape index (κ1) is 29.0. The highest BCUT2D eigenvalue weighted by Gasteiger charge is 2.68. The number of carbonyl (C=O) groups is 1. The van der Waals surface area contributed by atoms with Gasteiger partial charge < -0.3 is 18.2 Å². The van der Waals surface area contributed by atoms with Crippen molar-refractivity contribution in [1.29, 1.82) is 0 Å². The number of hydrogen-bond donors (Lipinski definition) is 0. The van der Waals surface area contributed by atoms with Crippen LogP contribution in [0.5, 0.6) is 11.5 Å². The van der Waals surface area contributed by atoms with Gasteiger partial charge in [-0.15, -0.1) is 0 Å². The van der Waals surface area contributed by atoms with E-state index in [1.807, 2.05) is 57.2 Å². The van der Waals surface area contributed by atoms with Gasteiger partial charge in [0.2, 0.25) is 0 Å². The molecule has 0 N–H and O–H groups in total. The number of nitrogens with zero attached hydrogens (tertiary/aromatic N) is 1. The zero-order chi connectivity index (χ0) is 30.9. The van der Waals surface area contributed by atoms with E-state index in [1.54, 1.807) is 31.4 Å². The van der Waals surface area contributed by atoms with E-state index in [4.69, 9.17) is 13.7 Å². The molecule has 1 aliphatic heterocycles. The van der Waals surface area contributed by atoms with E-state index in [9.17, 15) is 13.2 Å². The second-order valence-electron chi connectivity index (χ2n) is 13.5. The van der Waals surface area contributed by atoms with Gasteiger partial charge in [0.1, 0.15) is 21.8 Å². The molecule has 7 nitrogen and oxygen atoms in total. The number of para-hydroxylation sites is 1. The predicted molar refractivity (Wildman–Crippen MR) is 171 cm³/mol. The lowest BCUT2D eigenvalue weighted by Crippen LogP contribution is -2.33. The van der Waals surface area contributed by atoms with Crippen LogP contribution in [0.2, 0.25) is 0 Å². The zero-order valence-corrected chi connectivity index (χ0v) is 26.6. The van der Waals surface area contributed by atoms with Crippen LogP contribution in [0.25, 0.3) is 22.2 Å². The Hall–Kier alpha value is -3.78. The second-order valence-corrected chi connectivity index (χ2v) is 15.4. The fourth-order valence-electron chi connectivity index (χ4n) is 7.43. The Balaban J connectivity index is 1.47. The maximum atomic E-state index is 14.3. The molecule has 3 aromatic carbocycles. The molecule has 2 aliphatic carbocycles. The number of methoxy groups -OCH3 is 1. The predicted octanol–water partition coefficient (Wildman–Crippen LogP) is 7.97. The average molecular weight is 614 g/mol. The van der Waals surface area contributed by atoms with Crippen LogP contribution in [-0.4, -0.2) is 36.4 Å². The van der Waals surface area contributed by atoms with Crippen molar-refractivity contribution in [2.75, 3.05) is 7.11 Å². The molecule has 2 atom stereocenters. The van der Waals surface area contributed by atoms with E-state index in [0.717, 1.165) is 53.4 Å². The summed E-state index contributed by atoms with van der Waals surface area (Å²) in [5.41, 5.74) is 4.96. The topological polar surface area (TPSA) is 83.8 Å². The molecule has 44 heavy (non-hydrogen) atoms. The van der Waals surface area contributed by atoms with Crippen LogP contribution in [0.3, 0.4) is 0 Å². The summed E-state index contributed by atoms with van der Waals surface area (Å²) >= 11 is 0. The first-order chi connectivity index (χ1) is 21.0. The first-order valence-electron chi connectivity index (χ1n) is 15.6. The summed E-state index contributed by atoms with van der Waals surface area (Å²) in [6.45, 7) is 5.79. The molecule has 1 aromatic heterocycles. The molecule has 2 unspecified atom stereocenters. The van der Waals surface area contributed by atoms with Crippen molar-refractivity contribution in [2.24, 2.45) is 0 Å². The highest BCUT2D eigenvalue weighted by Crippen LogP contribution is 2.63. The number of carbonyl (C=O) groups excluding carboxylic acids is 1. The SMILES string of the molecule is COc1ccc2c(c1)C1CC1(S(=O)(=O)Oc1ccccc1)Cn1c-2c(C2CCCCC2)c2ccc(C(=O)OC(C)(C)C)cc21. The molecular formula is C36H39NO6S. The van der Waals surface area contributed by atoms with Crippen molar-refractivity contribution >= 4 is 27.0 Å². The maximum absolute atomic E-state index is 14.3. The van der Waals surface area contributed by atoms with Gasteiger partial charge in [0.05, 0.1) is 18.4 Å². The summed E-state index contributed by atoms with van der Waals surface area (Å²) in [7, 11) is -2.44. The minimum atomic E-state index is -4.08. The number of aromatic nitrogens is 1. The van der Waals surface area contributed by atoms with Crippen molar-refractivity contribution < 1.29 is 26.9 Å². The number of esters is 1. The molecule has 2 saturated carbocycles. The minimum Gasteiger partial charge on any atom is -0.497 e. The second kappa shape index (κ2) is 10.4. The van der Waals surface area contributed by atoms with E-state index in [2.05, 4.69) is 10.6 Å². The molecule has 0 saturated heterocycles. The monoisotopic (exact) mass is 613 g/mol. The van der Waals surface area contributed by atoms with Gasteiger partial charge in [0, 0.05) is 28.9 Å². The number of ether oxygens (including phenoxy) is 2. The van der Waals surface area contributed by atoms with Crippen molar-refractivity contribution in [3.05, 3.63) is 83.4 Å². The summed E-state index contributed by atoms with van der Waals surface area (Å²) in [5, 5.41) is 1.07. The van der Waals surface area contributed by atoms with E-state index < -0.39 is 26.4 Å². The molecule has 4 aromatic rings. The average Bonchev–Trinajstić information content (AvgIpc) is 3.68. The Labute approximate surface area is 259 Å². The Kier molecular flexibility index (Phi) is 6.85. The van der Waals surface area contributed by atoms with Crippen LogP contribution in [0.1, 0.15) is 92.6 Å². The van der Waals surface area contributed by atoms with Crippen LogP contribution in [0.4, 0.5) is 0 Å². The first-order valence-corrected chi connectivity index (χ1v) is 17.0. The van der Waals surface area contributed by atoms with Gasteiger partial charge in [-0.05, 0) is 99.5 Å². The quantitative estimate of drug-likeness (QED) is 0.162. The van der Waals surface area contributed by atoms with Crippen molar-refractivity contribution in [1.82, 2.24) is 4.57 Å². The molecule has 0 amide bonds. The smallest absolute Gasteiger partial charge is 0.338 e. The molecule has 0 bridgehead atoms. The summed E-state index contributed by atoms with van der Waals surface area (Å²) in [4.78, 5) is 13.3. The van der Waals surface area contributed by atoms with E-state index >= 15 is 0 Å². The van der Waals surface area contributed by atoms with Gasteiger partial charge in [0.25, 0.3) is 0 Å². The lowest BCUT2D eigenvalue weighted by molar-refractivity contribution is 0.00696. The number of rotatable bonds is 6. The normalized spacial score (nSPS) is 21.5. The molecule has 0 radical (unpaired) electrons. The van der Waals surface area contributed by atoms with Crippen molar-refractivity contribution in [3.63, 3.8) is 0 Å².